The molecule has 0 saturated carbocycles. The Morgan fingerprint density at radius 3 is 2.25 bits per heavy atom. The molecule has 0 aromatic heterocycles. The lowest BCUT2D eigenvalue weighted by atomic mass is 9.99. The predicted molar refractivity (Wildman–Crippen MR) is 147 cm³/mol. The van der Waals surface area contributed by atoms with Crippen molar-refractivity contribution in [1.82, 2.24) is 4.90 Å². The Hall–Kier alpha value is -3.28. The van der Waals surface area contributed by atoms with Crippen molar-refractivity contribution in [1.29, 1.82) is 0 Å². The smallest absolute Gasteiger partial charge is 0.162 e. The van der Waals surface area contributed by atoms with Crippen LogP contribution in [0, 0.1) is 0 Å². The number of ether oxygens (including phenoxy) is 1. The summed E-state index contributed by atoms with van der Waals surface area (Å²) < 4.78 is 5.32. The first-order valence-corrected chi connectivity index (χ1v) is 12.9. The van der Waals surface area contributed by atoms with Crippen LogP contribution in [0.2, 0.25) is 0 Å². The number of benzene rings is 3. The molecule has 3 aromatic carbocycles. The predicted octanol–water partition coefficient (Wildman–Crippen LogP) is 4.11. The molecule has 0 N–H and O–H groups in total. The zero-order valence-electron chi connectivity index (χ0n) is 21.7. The third-order valence-electron chi connectivity index (χ3n) is 6.76. The first-order valence-electron chi connectivity index (χ1n) is 12.9. The van der Waals surface area contributed by atoms with E-state index in [-0.39, 0.29) is 11.4 Å². The Morgan fingerprint density at radius 1 is 0.944 bits per heavy atom. The number of fused-ring (bicyclic) bond motifs is 1. The van der Waals surface area contributed by atoms with Gasteiger partial charge < -0.3 is 9.64 Å². The number of carbonyl (C=O) groups excluding carboxylic acids is 1. The molecule has 5 nitrogen and oxygen atoms in total. The summed E-state index contributed by atoms with van der Waals surface area (Å²) >= 11 is 0. The minimum absolute atomic E-state index is 0.237. The summed E-state index contributed by atoms with van der Waals surface area (Å²) in [7, 11) is 4.18. The molecule has 2 heterocycles. The maximum atomic E-state index is 11.7. The van der Waals surface area contributed by atoms with Crippen LogP contribution in [0.4, 0.5) is 5.69 Å². The van der Waals surface area contributed by atoms with E-state index >= 15 is 0 Å². The van der Waals surface area contributed by atoms with Gasteiger partial charge in [0.25, 0.3) is 0 Å². The fourth-order valence-electron chi connectivity index (χ4n) is 4.63. The van der Waals surface area contributed by atoms with Crippen LogP contribution in [0.5, 0.6) is 0 Å². The summed E-state index contributed by atoms with van der Waals surface area (Å²) in [5, 5.41) is 2.32. The quantitative estimate of drug-likeness (QED) is 0.475. The molecule has 5 heteroatoms. The minimum atomic E-state index is -0.259. The lowest BCUT2D eigenvalue weighted by Crippen LogP contribution is -2.41. The van der Waals surface area contributed by atoms with Crippen LogP contribution >= 0.6 is 0 Å². The minimum Gasteiger partial charge on any atom is -0.378 e. The normalized spacial score (nSPS) is 18.5. The summed E-state index contributed by atoms with van der Waals surface area (Å²) in [5.74, 6) is 0.237. The van der Waals surface area contributed by atoms with Gasteiger partial charge in [-0.1, -0.05) is 55.5 Å². The number of likely N-dealkylation sites (N-methyl/N-ethyl adjacent to an activating group) is 1. The molecular weight excluding hydrogens is 446 g/mol. The SMILES string of the molecule is CCCC(=O)c1ccc(N2CCOCC2)cc1.CN(C)C1(Cc2ccccc2)C=c2ccccc2=N1. The number of anilines is 1. The molecule has 0 bridgehead atoms. The van der Waals surface area contributed by atoms with Crippen LogP contribution in [0.15, 0.2) is 83.9 Å². The molecule has 0 aliphatic carbocycles. The Labute approximate surface area is 214 Å². The number of ketones is 1. The van der Waals surface area contributed by atoms with Crippen molar-refractivity contribution < 1.29 is 9.53 Å². The molecule has 2 aliphatic rings. The van der Waals surface area contributed by atoms with Crippen LogP contribution in [0.1, 0.15) is 35.7 Å². The second-order valence-electron chi connectivity index (χ2n) is 9.57. The maximum Gasteiger partial charge on any atom is 0.162 e. The van der Waals surface area contributed by atoms with Crippen molar-refractivity contribution in [2.75, 3.05) is 45.3 Å². The van der Waals surface area contributed by atoms with Gasteiger partial charge in [0, 0.05) is 37.2 Å². The van der Waals surface area contributed by atoms with Crippen LogP contribution < -0.4 is 15.5 Å². The van der Waals surface area contributed by atoms with E-state index in [0.717, 1.165) is 50.1 Å². The number of morpholine rings is 1. The number of para-hydroxylation sites is 1. The zero-order valence-corrected chi connectivity index (χ0v) is 21.7. The standard InChI is InChI=1S/C17H18N2.C14H19NO2/c1-19(2)17(12-14-8-4-3-5-9-14)13-15-10-6-7-11-16(15)18-17;1-2-3-14(16)12-4-6-13(7-5-12)15-8-10-17-11-9-15/h3-11,13H,12H2,1-2H3;4-7H,2-3,8-11H2,1H3. The molecule has 36 heavy (non-hydrogen) atoms. The highest BCUT2D eigenvalue weighted by atomic mass is 16.5. The molecule has 1 atom stereocenters. The Balaban J connectivity index is 0.000000170. The number of nitrogens with zero attached hydrogens (tertiary/aromatic N) is 3. The van der Waals surface area contributed by atoms with Crippen molar-refractivity contribution in [3.05, 3.63) is 101 Å². The topological polar surface area (TPSA) is 45.1 Å². The van der Waals surface area contributed by atoms with Crippen LogP contribution in [0.25, 0.3) is 6.08 Å². The van der Waals surface area contributed by atoms with Gasteiger partial charge in [0.15, 0.2) is 5.78 Å². The van der Waals surface area contributed by atoms with Gasteiger partial charge in [0.05, 0.1) is 18.6 Å². The van der Waals surface area contributed by atoms with Gasteiger partial charge in [-0.15, -0.1) is 0 Å². The van der Waals surface area contributed by atoms with Gasteiger partial charge in [-0.25, -0.2) is 0 Å². The van der Waals surface area contributed by atoms with E-state index in [9.17, 15) is 4.79 Å². The molecule has 0 spiro atoms. The average Bonchev–Trinajstić information content (AvgIpc) is 3.30. The van der Waals surface area contributed by atoms with E-state index in [1.807, 2.05) is 37.3 Å². The van der Waals surface area contributed by atoms with E-state index in [0.29, 0.717) is 6.42 Å². The van der Waals surface area contributed by atoms with Gasteiger partial charge in [-0.2, -0.15) is 0 Å². The fraction of sp³-hybridized carbons (Fsp3) is 0.355. The lowest BCUT2D eigenvalue weighted by molar-refractivity contribution is 0.0981. The van der Waals surface area contributed by atoms with Gasteiger partial charge in [-0.05, 0) is 67.7 Å². The van der Waals surface area contributed by atoms with Crippen molar-refractivity contribution in [2.45, 2.75) is 31.8 Å². The third kappa shape index (κ3) is 6.28. The van der Waals surface area contributed by atoms with Gasteiger partial charge >= 0.3 is 0 Å². The molecule has 1 saturated heterocycles. The highest BCUT2D eigenvalue weighted by Gasteiger charge is 2.32. The summed E-state index contributed by atoms with van der Waals surface area (Å²) in [6.07, 6.45) is 4.71. The molecule has 1 unspecified atom stereocenters. The summed E-state index contributed by atoms with van der Waals surface area (Å²) in [4.78, 5) is 21.1. The summed E-state index contributed by atoms with van der Waals surface area (Å²) in [5.41, 5.74) is 3.06. The van der Waals surface area contributed by atoms with E-state index in [4.69, 9.17) is 9.73 Å². The largest absolute Gasteiger partial charge is 0.378 e. The molecule has 188 valence electrons. The molecule has 5 rings (SSSR count). The molecule has 3 aromatic rings. The Kier molecular flexibility index (Phi) is 8.68. The summed E-state index contributed by atoms with van der Waals surface area (Å²) in [6, 6.07) is 26.8. The monoisotopic (exact) mass is 483 g/mol. The fourth-order valence-corrected chi connectivity index (χ4v) is 4.63. The number of carbonyl (C=O) groups is 1. The second kappa shape index (κ2) is 12.1. The van der Waals surface area contributed by atoms with Crippen LogP contribution in [0.3, 0.4) is 0 Å². The van der Waals surface area contributed by atoms with Gasteiger partial charge in [0.2, 0.25) is 0 Å². The Bertz CT molecular complexity index is 1210. The van der Waals surface area contributed by atoms with Crippen molar-refractivity contribution >= 4 is 17.5 Å². The van der Waals surface area contributed by atoms with Crippen LogP contribution in [-0.4, -0.2) is 56.7 Å². The van der Waals surface area contributed by atoms with Crippen molar-refractivity contribution in [3.8, 4) is 0 Å². The number of hydrogen-bond acceptors (Lipinski definition) is 5. The number of rotatable bonds is 7. The first-order chi connectivity index (χ1) is 17.5. The van der Waals surface area contributed by atoms with E-state index in [1.165, 1.54) is 16.5 Å². The number of Topliss-reactive ketones (excluding diaryl/α,β-unsaturated/α-hetero) is 1. The highest BCUT2D eigenvalue weighted by Crippen LogP contribution is 2.23. The van der Waals surface area contributed by atoms with Gasteiger partial charge in [0.1, 0.15) is 5.66 Å². The lowest BCUT2D eigenvalue weighted by Gasteiger charge is -2.32. The average molecular weight is 484 g/mol. The zero-order chi connectivity index (χ0) is 25.4. The molecule has 0 radical (unpaired) electrons. The van der Waals surface area contributed by atoms with E-state index in [2.05, 4.69) is 78.5 Å². The van der Waals surface area contributed by atoms with Gasteiger partial charge in [-0.3, -0.25) is 14.7 Å². The van der Waals surface area contributed by atoms with E-state index in [1.54, 1.807) is 0 Å². The third-order valence-corrected chi connectivity index (χ3v) is 6.76. The second-order valence-corrected chi connectivity index (χ2v) is 9.57. The number of hydrogen-bond donors (Lipinski definition) is 0. The molecule has 2 aliphatic heterocycles. The van der Waals surface area contributed by atoms with Crippen LogP contribution in [-0.2, 0) is 11.2 Å². The molecule has 0 amide bonds. The highest BCUT2D eigenvalue weighted by molar-refractivity contribution is 5.96. The molecule has 1 fully saturated rings. The van der Waals surface area contributed by atoms with Crippen molar-refractivity contribution in [3.63, 3.8) is 0 Å². The first kappa shape index (κ1) is 25.8. The maximum absolute atomic E-state index is 11.7. The van der Waals surface area contributed by atoms with Crippen molar-refractivity contribution in [2.24, 2.45) is 4.99 Å². The van der Waals surface area contributed by atoms with E-state index < -0.39 is 0 Å². The molecular formula is C31H37N3O2. The Morgan fingerprint density at radius 2 is 1.61 bits per heavy atom. The summed E-state index contributed by atoms with van der Waals surface area (Å²) in [6.45, 7) is 5.47.